The van der Waals surface area contributed by atoms with Crippen LogP contribution in [0.2, 0.25) is 0 Å². The summed E-state index contributed by atoms with van der Waals surface area (Å²) in [4.78, 5) is 41.8. The van der Waals surface area contributed by atoms with E-state index in [1.54, 1.807) is 51.1 Å². The van der Waals surface area contributed by atoms with E-state index in [1.807, 2.05) is 34.6 Å². The average molecular weight is 597 g/mol. The van der Waals surface area contributed by atoms with Crippen LogP contribution in [-0.2, 0) is 23.8 Å². The van der Waals surface area contributed by atoms with Gasteiger partial charge in [0.2, 0.25) is 0 Å². The minimum Gasteiger partial charge on any atom is -0.458 e. The van der Waals surface area contributed by atoms with Gasteiger partial charge in [0.25, 0.3) is 0 Å². The molecule has 5 rings (SSSR count). The third kappa shape index (κ3) is 4.45. The summed E-state index contributed by atoms with van der Waals surface area (Å²) in [5.74, 6) is -2.64. The lowest BCUT2D eigenvalue weighted by Crippen LogP contribution is -2.80. The van der Waals surface area contributed by atoms with E-state index in [2.05, 4.69) is 0 Å². The third-order valence-electron chi connectivity index (χ3n) is 11.5. The number of aliphatic hydroxyl groups is 2. The van der Waals surface area contributed by atoms with Crippen LogP contribution in [0.15, 0.2) is 41.5 Å². The summed E-state index contributed by atoms with van der Waals surface area (Å²) in [7, 11) is 0. The van der Waals surface area contributed by atoms with E-state index >= 15 is 0 Å². The molecule has 2 bridgehead atoms. The van der Waals surface area contributed by atoms with E-state index in [0.29, 0.717) is 36.8 Å². The van der Waals surface area contributed by atoms with Crippen molar-refractivity contribution in [3.63, 3.8) is 0 Å². The fraction of sp³-hybridized carbons (Fsp3) is 0.686. The minimum absolute atomic E-state index is 0.229. The maximum Gasteiger partial charge on any atom is 0.338 e. The lowest BCUT2D eigenvalue weighted by molar-refractivity contribution is -0.329. The summed E-state index contributed by atoms with van der Waals surface area (Å²) in [5, 5.41) is 25.0. The molecule has 8 atom stereocenters. The van der Waals surface area contributed by atoms with Gasteiger partial charge in [-0.15, -0.1) is 0 Å². The van der Waals surface area contributed by atoms with Gasteiger partial charge < -0.3 is 24.4 Å². The Morgan fingerprint density at radius 1 is 1.00 bits per heavy atom. The lowest BCUT2D eigenvalue weighted by Gasteiger charge is -2.72. The van der Waals surface area contributed by atoms with Gasteiger partial charge in [0.05, 0.1) is 28.6 Å². The number of carbonyl (C=O) groups is 3. The van der Waals surface area contributed by atoms with E-state index in [4.69, 9.17) is 14.2 Å². The van der Waals surface area contributed by atoms with Gasteiger partial charge in [-0.1, -0.05) is 44.5 Å². The number of esters is 2. The zero-order chi connectivity index (χ0) is 32.0. The van der Waals surface area contributed by atoms with Gasteiger partial charge in [0, 0.05) is 17.8 Å². The van der Waals surface area contributed by atoms with Crippen LogP contribution in [0.4, 0.5) is 0 Å². The van der Waals surface area contributed by atoms with Gasteiger partial charge in [-0.3, -0.25) is 9.59 Å². The second kappa shape index (κ2) is 9.98. The van der Waals surface area contributed by atoms with Crippen LogP contribution in [0.3, 0.4) is 0 Å². The summed E-state index contributed by atoms with van der Waals surface area (Å²) >= 11 is 0. The fourth-order valence-electron chi connectivity index (χ4n) is 9.16. The monoisotopic (exact) mass is 596 g/mol. The summed E-state index contributed by atoms with van der Waals surface area (Å²) in [6, 6.07) is 8.56. The van der Waals surface area contributed by atoms with Crippen molar-refractivity contribution in [2.75, 3.05) is 0 Å². The van der Waals surface area contributed by atoms with Crippen molar-refractivity contribution in [1.29, 1.82) is 0 Å². The zero-order valence-corrected chi connectivity index (χ0v) is 27.1. The van der Waals surface area contributed by atoms with Crippen molar-refractivity contribution in [3.05, 3.63) is 47.0 Å². The quantitative estimate of drug-likeness (QED) is 0.353. The highest BCUT2D eigenvalue weighted by Crippen LogP contribution is 2.71. The van der Waals surface area contributed by atoms with E-state index < -0.39 is 75.0 Å². The Morgan fingerprint density at radius 2 is 1.63 bits per heavy atom. The van der Waals surface area contributed by atoms with Gasteiger partial charge in [-0.05, 0) is 84.4 Å². The minimum atomic E-state index is -1.72. The summed E-state index contributed by atoms with van der Waals surface area (Å²) in [5.41, 5.74) is -5.34. The first kappa shape index (κ1) is 31.9. The number of hydrogen-bond donors (Lipinski definition) is 2. The highest BCUT2D eigenvalue weighted by Gasteiger charge is 2.79. The lowest BCUT2D eigenvalue weighted by atomic mass is 9.37. The van der Waals surface area contributed by atoms with Gasteiger partial charge in [0.15, 0.2) is 5.78 Å². The molecule has 43 heavy (non-hydrogen) atoms. The molecular formula is C35H48O8. The SMILES string of the molecule is CC(=O)O[C@@]12CC[C@]1(C)C[C@H](OC(C)(C)C)[C@@]1(C)C(=O)[C@H](O)C3=C(C)CC[C@@](O)([C@@H](OC(=O)c4ccccc4)[C@@H]12)C3(C)C. The molecule has 0 aromatic heterocycles. The molecule has 0 radical (unpaired) electrons. The number of fused-ring (bicyclic) bond motifs is 5. The number of aliphatic hydroxyl groups excluding tert-OH is 1. The van der Waals surface area contributed by atoms with E-state index in [1.165, 1.54) is 6.92 Å². The number of Topliss-reactive ketones (excluding diaryl/α,β-unsaturated/α-hetero) is 1. The normalized spacial score (nSPS) is 40.3. The van der Waals surface area contributed by atoms with Gasteiger partial charge in [-0.2, -0.15) is 0 Å². The molecule has 3 fully saturated rings. The molecule has 3 saturated carbocycles. The Hall–Kier alpha value is -2.55. The number of rotatable bonds is 4. The first-order valence-electron chi connectivity index (χ1n) is 15.5. The topological polar surface area (TPSA) is 119 Å². The first-order valence-corrected chi connectivity index (χ1v) is 15.5. The van der Waals surface area contributed by atoms with Gasteiger partial charge in [-0.25, -0.2) is 4.79 Å². The first-order chi connectivity index (χ1) is 19.8. The van der Waals surface area contributed by atoms with Gasteiger partial charge >= 0.3 is 11.9 Å². The standard InChI is InChI=1S/C35H48O8/c1-20-15-16-34(40)28(41-29(39)22-13-11-10-12-14-22)26-33(9,27(38)25(37)24(20)31(34,6)7)23(43-30(3,4)5)19-32(8)17-18-35(26,32)42-21(2)36/h10-14,23,25-26,28,37,40H,15-19H2,1-9H3/t23-,25+,26-,28-,32+,33+,34+,35+/m0/s1. The Bertz CT molecular complexity index is 1360. The number of benzene rings is 1. The highest BCUT2D eigenvalue weighted by molar-refractivity contribution is 5.94. The fourth-order valence-corrected chi connectivity index (χ4v) is 9.16. The van der Waals surface area contributed by atoms with Crippen LogP contribution >= 0.6 is 0 Å². The average Bonchev–Trinajstić information content (AvgIpc) is 2.90. The Kier molecular flexibility index (Phi) is 7.39. The second-order valence-corrected chi connectivity index (χ2v) is 15.4. The van der Waals surface area contributed by atoms with Crippen LogP contribution in [0, 0.1) is 22.2 Å². The number of allylic oxidation sites excluding steroid dienone is 1. The number of ketones is 1. The Labute approximate surface area is 255 Å². The molecule has 8 nitrogen and oxygen atoms in total. The smallest absolute Gasteiger partial charge is 0.338 e. The molecule has 0 unspecified atom stereocenters. The molecule has 0 heterocycles. The molecule has 1 aromatic carbocycles. The van der Waals surface area contributed by atoms with Crippen molar-refractivity contribution in [1.82, 2.24) is 0 Å². The van der Waals surface area contributed by atoms with Crippen molar-refractivity contribution in [3.8, 4) is 0 Å². The number of ether oxygens (including phenoxy) is 3. The molecule has 0 aliphatic heterocycles. The molecule has 0 amide bonds. The van der Waals surface area contributed by atoms with E-state index in [0.717, 1.165) is 5.57 Å². The summed E-state index contributed by atoms with van der Waals surface area (Å²) in [6.07, 6.45) is -1.38. The maximum atomic E-state index is 15.0. The maximum absolute atomic E-state index is 15.0. The van der Waals surface area contributed by atoms with Crippen molar-refractivity contribution < 1.29 is 38.8 Å². The predicted molar refractivity (Wildman–Crippen MR) is 160 cm³/mol. The Morgan fingerprint density at radius 3 is 2.16 bits per heavy atom. The van der Waals surface area contributed by atoms with Crippen LogP contribution in [0.25, 0.3) is 0 Å². The molecule has 236 valence electrons. The number of carbonyl (C=O) groups excluding carboxylic acids is 3. The van der Waals surface area contributed by atoms with Crippen molar-refractivity contribution in [2.45, 2.75) is 130 Å². The van der Waals surface area contributed by atoms with Crippen LogP contribution in [-0.4, -0.2) is 63.0 Å². The molecule has 8 heteroatoms. The molecular weight excluding hydrogens is 548 g/mol. The highest BCUT2D eigenvalue weighted by atomic mass is 16.6. The largest absolute Gasteiger partial charge is 0.458 e. The number of hydrogen-bond acceptors (Lipinski definition) is 8. The summed E-state index contributed by atoms with van der Waals surface area (Å²) in [6.45, 7) is 16.4. The molecule has 1 aromatic rings. The van der Waals surface area contributed by atoms with Crippen molar-refractivity contribution in [2.24, 2.45) is 22.2 Å². The molecule has 0 spiro atoms. The van der Waals surface area contributed by atoms with E-state index in [-0.39, 0.29) is 6.42 Å². The van der Waals surface area contributed by atoms with Crippen LogP contribution < -0.4 is 0 Å². The molecule has 0 saturated heterocycles. The molecule has 4 aliphatic carbocycles. The van der Waals surface area contributed by atoms with Gasteiger partial charge in [0.1, 0.15) is 23.4 Å². The Balaban J connectivity index is 1.85. The second-order valence-electron chi connectivity index (χ2n) is 15.4. The summed E-state index contributed by atoms with van der Waals surface area (Å²) < 4.78 is 19.5. The third-order valence-corrected chi connectivity index (χ3v) is 11.5. The van der Waals surface area contributed by atoms with E-state index in [9.17, 15) is 24.6 Å². The van der Waals surface area contributed by atoms with Crippen LogP contribution in [0.1, 0.15) is 105 Å². The molecule has 2 N–H and O–H groups in total. The molecule has 4 aliphatic rings. The zero-order valence-electron chi connectivity index (χ0n) is 27.1. The predicted octanol–water partition coefficient (Wildman–Crippen LogP) is 5.34. The van der Waals surface area contributed by atoms with Crippen molar-refractivity contribution >= 4 is 17.7 Å². The van der Waals surface area contributed by atoms with Crippen LogP contribution in [0.5, 0.6) is 0 Å².